The molecule has 4 atom stereocenters. The second-order valence-corrected chi connectivity index (χ2v) is 11.4. The molecule has 6 nitrogen and oxygen atoms in total. The maximum absolute atomic E-state index is 13.6. The molecule has 0 aliphatic heterocycles. The van der Waals surface area contributed by atoms with E-state index in [2.05, 4.69) is 15.9 Å². The molecule has 36 heavy (non-hydrogen) atoms. The average Bonchev–Trinajstić information content (AvgIpc) is 2.75. The first-order valence-electron chi connectivity index (χ1n) is 8.94. The van der Waals surface area contributed by atoms with Gasteiger partial charge < -0.3 is 0 Å². The molecule has 0 spiro atoms. The summed E-state index contributed by atoms with van der Waals surface area (Å²) >= 11 is 4.44. The van der Waals surface area contributed by atoms with E-state index in [0.717, 1.165) is 36.4 Å². The quantitative estimate of drug-likeness (QED) is 0.183. The lowest BCUT2D eigenvalue weighted by molar-refractivity contribution is -0.0209. The first-order valence-corrected chi connectivity index (χ1v) is 13.4. The van der Waals surface area contributed by atoms with Crippen LogP contribution in [0.3, 0.4) is 0 Å². The molecule has 2 rings (SSSR count). The van der Waals surface area contributed by atoms with E-state index in [9.17, 15) is 52.0 Å². The van der Waals surface area contributed by atoms with Crippen molar-refractivity contribution in [3.63, 3.8) is 0 Å². The van der Waals surface area contributed by atoms with Crippen molar-refractivity contribution < 1.29 is 61.1 Å². The Bertz CT molecular complexity index is 1260. The monoisotopic (exact) mass is 700 g/mol. The Morgan fingerprint density at radius 1 is 0.778 bits per heavy atom. The van der Waals surface area contributed by atoms with Crippen molar-refractivity contribution in [2.75, 3.05) is 0 Å². The number of hydrogen-bond acceptors (Lipinski definition) is 4. The second-order valence-electron chi connectivity index (χ2n) is 6.70. The van der Waals surface area contributed by atoms with E-state index >= 15 is 0 Å². The highest BCUT2D eigenvalue weighted by atomic mass is 79.9. The van der Waals surface area contributed by atoms with Crippen LogP contribution in [0.4, 0.5) is 35.1 Å². The molecule has 0 saturated carbocycles. The highest BCUT2D eigenvalue weighted by molar-refractivity contribution is 9.10. The van der Waals surface area contributed by atoms with Crippen molar-refractivity contribution in [1.29, 1.82) is 0 Å². The van der Waals surface area contributed by atoms with Crippen LogP contribution in [-0.4, -0.2) is 49.5 Å². The lowest BCUT2D eigenvalue weighted by Crippen LogP contribution is -2.28. The second kappa shape index (κ2) is 12.5. The summed E-state index contributed by atoms with van der Waals surface area (Å²) in [4.78, 5) is -5.81. The Morgan fingerprint density at radius 2 is 1.31 bits per heavy atom. The number of hydrogen-bond donors (Lipinski definition) is 2. The Balaban J connectivity index is 0.000000360. The summed E-state index contributed by atoms with van der Waals surface area (Å²) < 4.78 is 163. The van der Waals surface area contributed by atoms with Crippen LogP contribution in [0.25, 0.3) is 0 Å². The fourth-order valence-corrected chi connectivity index (χ4v) is 4.40. The van der Waals surface area contributed by atoms with Gasteiger partial charge in [-0.1, -0.05) is 34.1 Å². The maximum atomic E-state index is 13.6. The van der Waals surface area contributed by atoms with Gasteiger partial charge >= 0.3 is 4.83 Å². The summed E-state index contributed by atoms with van der Waals surface area (Å²) in [5, 5.41) is 0. The molecule has 4 unspecified atom stereocenters. The van der Waals surface area contributed by atoms with Crippen molar-refractivity contribution in [2.45, 2.75) is 45.7 Å². The minimum Gasteiger partial charge on any atom is -0.282 e. The molecule has 204 valence electrons. The largest absolute Gasteiger partial charge is 0.335 e. The van der Waals surface area contributed by atoms with E-state index in [0.29, 0.717) is 6.07 Å². The van der Waals surface area contributed by atoms with E-state index in [1.165, 1.54) is 0 Å². The summed E-state index contributed by atoms with van der Waals surface area (Å²) in [7, 11) is -9.44. The summed E-state index contributed by atoms with van der Waals surface area (Å²) in [5.74, 6) is 0. The molecule has 0 aromatic heterocycles. The van der Waals surface area contributed by atoms with Gasteiger partial charge in [-0.3, -0.25) is 9.11 Å². The van der Waals surface area contributed by atoms with Crippen molar-refractivity contribution in [3.8, 4) is 0 Å². The third-order valence-corrected chi connectivity index (χ3v) is 7.08. The van der Waals surface area contributed by atoms with Crippen LogP contribution < -0.4 is 0 Å². The zero-order valence-corrected chi connectivity index (χ0v) is 21.9. The van der Waals surface area contributed by atoms with Gasteiger partial charge in [-0.15, -0.1) is 0 Å². The summed E-state index contributed by atoms with van der Waals surface area (Å²) in [6.45, 7) is 0. The van der Waals surface area contributed by atoms with Gasteiger partial charge in [-0.2, -0.15) is 25.6 Å². The molecule has 0 fully saturated rings. The van der Waals surface area contributed by atoms with Gasteiger partial charge in [0.2, 0.25) is 6.17 Å². The van der Waals surface area contributed by atoms with Crippen LogP contribution in [0, 0.1) is 0 Å². The first-order chi connectivity index (χ1) is 16.2. The SMILES string of the molecule is O=S(=O)(O)c1ccc(Br)c(C(F)C(F)C(F)F)c1.O=S(=O)(O)c1ccccc1C(F)C(F)C(F)(F)Br. The molecule has 18 heteroatoms. The average molecular weight is 702 g/mol. The number of alkyl halides is 9. The summed E-state index contributed by atoms with van der Waals surface area (Å²) in [6, 6.07) is 6.40. The predicted molar refractivity (Wildman–Crippen MR) is 118 cm³/mol. The van der Waals surface area contributed by atoms with Crippen molar-refractivity contribution in [3.05, 3.63) is 58.1 Å². The van der Waals surface area contributed by atoms with Gasteiger partial charge in [0.15, 0.2) is 18.5 Å². The van der Waals surface area contributed by atoms with Crippen LogP contribution in [0.2, 0.25) is 0 Å². The molecule has 0 amide bonds. The van der Waals surface area contributed by atoms with Crippen LogP contribution in [0.5, 0.6) is 0 Å². The molecule has 0 radical (unpaired) electrons. The van der Waals surface area contributed by atoms with Gasteiger partial charge in [-0.05, 0) is 40.2 Å². The van der Waals surface area contributed by atoms with Crippen LogP contribution in [0.15, 0.2) is 56.7 Å². The van der Waals surface area contributed by atoms with Gasteiger partial charge in [0.05, 0.1) is 4.90 Å². The van der Waals surface area contributed by atoms with E-state index in [1.54, 1.807) is 15.9 Å². The Morgan fingerprint density at radius 3 is 1.75 bits per heavy atom. The first kappa shape index (κ1) is 32.7. The molecule has 0 heterocycles. The van der Waals surface area contributed by atoms with Crippen molar-refractivity contribution >= 4 is 52.1 Å². The highest BCUT2D eigenvalue weighted by Crippen LogP contribution is 2.40. The van der Waals surface area contributed by atoms with Gasteiger partial charge in [0.25, 0.3) is 26.7 Å². The zero-order valence-electron chi connectivity index (χ0n) is 17.1. The lowest BCUT2D eigenvalue weighted by atomic mass is 10.1. The lowest BCUT2D eigenvalue weighted by Gasteiger charge is -2.19. The Hall–Kier alpha value is -1.34. The third kappa shape index (κ3) is 8.90. The van der Waals surface area contributed by atoms with E-state index < -0.39 is 77.1 Å². The van der Waals surface area contributed by atoms with Gasteiger partial charge in [0, 0.05) is 15.6 Å². The molecular weight excluding hydrogens is 688 g/mol. The molecular formula is C18H14Br2F8O6S2. The smallest absolute Gasteiger partial charge is 0.282 e. The molecule has 0 bridgehead atoms. The molecule has 2 aromatic carbocycles. The van der Waals surface area contributed by atoms with E-state index in [4.69, 9.17) is 9.11 Å². The van der Waals surface area contributed by atoms with E-state index in [1.807, 2.05) is 0 Å². The minimum absolute atomic E-state index is 0.0781. The molecule has 2 N–H and O–H groups in total. The van der Waals surface area contributed by atoms with Crippen molar-refractivity contribution in [2.24, 2.45) is 0 Å². The number of benzene rings is 2. The minimum atomic E-state index is -4.82. The van der Waals surface area contributed by atoms with Gasteiger partial charge in [0.1, 0.15) is 4.90 Å². The maximum Gasteiger partial charge on any atom is 0.335 e. The van der Waals surface area contributed by atoms with Crippen molar-refractivity contribution in [1.82, 2.24) is 0 Å². The fourth-order valence-electron chi connectivity index (χ4n) is 2.46. The van der Waals surface area contributed by atoms with Gasteiger partial charge in [-0.25, -0.2) is 26.3 Å². The molecule has 2 aromatic rings. The summed E-state index contributed by atoms with van der Waals surface area (Å²) in [5.41, 5.74) is -1.48. The van der Waals surface area contributed by atoms with Crippen LogP contribution in [0.1, 0.15) is 23.5 Å². The van der Waals surface area contributed by atoms with Crippen LogP contribution in [-0.2, 0) is 20.2 Å². The summed E-state index contributed by atoms with van der Waals surface area (Å²) in [6.07, 6.45) is -15.5. The standard InChI is InChI=1S/2C9H7BrF4O3S/c10-6-2-1-4(18(15,16)17)3-5(6)7(11)8(12)9(13)14;10-9(13,14)8(12)7(11)5-3-1-2-4-6(5)18(15,16)17/h1-3,7-9H,(H,15,16,17);1-4,7-8H,(H,15,16,17). The molecule has 0 saturated heterocycles. The Labute approximate surface area is 216 Å². The highest BCUT2D eigenvalue weighted by Gasteiger charge is 2.45. The van der Waals surface area contributed by atoms with E-state index in [-0.39, 0.29) is 4.47 Å². The topological polar surface area (TPSA) is 109 Å². The number of halogens is 10. The predicted octanol–water partition coefficient (Wildman–Crippen LogP) is 6.58. The molecule has 0 aliphatic rings. The number of rotatable bonds is 8. The fraction of sp³-hybridized carbons (Fsp3) is 0.333. The van der Waals surface area contributed by atoms with Crippen LogP contribution >= 0.6 is 31.9 Å². The zero-order chi connectivity index (χ0) is 28.2. The third-order valence-electron chi connectivity index (χ3n) is 4.15. The Kier molecular flexibility index (Phi) is 11.3. The normalized spacial score (nSPS) is 16.0. The molecule has 0 aliphatic carbocycles.